The van der Waals surface area contributed by atoms with Gasteiger partial charge in [-0.3, -0.25) is 9.63 Å². The van der Waals surface area contributed by atoms with E-state index < -0.39 is 35.2 Å². The van der Waals surface area contributed by atoms with Crippen LogP contribution in [0.3, 0.4) is 0 Å². The summed E-state index contributed by atoms with van der Waals surface area (Å²) in [6.07, 6.45) is 0.0839. The predicted octanol–water partition coefficient (Wildman–Crippen LogP) is 3.90. The molecule has 2 aromatic rings. The number of hydrogen-bond donors (Lipinski definition) is 3. The number of benzene rings is 2. The highest BCUT2D eigenvalue weighted by Gasteiger charge is 2.21. The van der Waals surface area contributed by atoms with Crippen LogP contribution in [-0.2, 0) is 9.57 Å². The van der Waals surface area contributed by atoms with Crippen molar-refractivity contribution in [2.75, 3.05) is 25.1 Å². The average Bonchev–Trinajstić information content (AvgIpc) is 2.69. The Kier molecular flexibility index (Phi) is 9.14. The SMILES string of the molecule is CCCOC(CO)CONC(=O)c1ccc(F)c(F)c1Nc1ccc(I)cc1F. The Morgan fingerprint density at radius 3 is 2.62 bits per heavy atom. The lowest BCUT2D eigenvalue weighted by Gasteiger charge is -2.17. The fourth-order valence-corrected chi connectivity index (χ4v) is 2.73. The van der Waals surface area contributed by atoms with Crippen LogP contribution in [0.25, 0.3) is 0 Å². The minimum Gasteiger partial charge on any atom is -0.394 e. The number of aliphatic hydroxyl groups excluding tert-OH is 1. The molecule has 1 atom stereocenters. The Morgan fingerprint density at radius 1 is 1.21 bits per heavy atom. The third-order valence-electron chi connectivity index (χ3n) is 3.73. The van der Waals surface area contributed by atoms with Crippen molar-refractivity contribution < 1.29 is 32.6 Å². The molecule has 1 amide bonds. The Bertz CT molecular complexity index is 854. The highest BCUT2D eigenvalue weighted by molar-refractivity contribution is 14.1. The van der Waals surface area contributed by atoms with Crippen LogP contribution < -0.4 is 10.8 Å². The number of anilines is 2. The summed E-state index contributed by atoms with van der Waals surface area (Å²) in [4.78, 5) is 17.4. The lowest BCUT2D eigenvalue weighted by Crippen LogP contribution is -2.32. The molecule has 0 bridgehead atoms. The van der Waals surface area contributed by atoms with Gasteiger partial charge in [0, 0.05) is 10.2 Å². The van der Waals surface area contributed by atoms with E-state index in [1.165, 1.54) is 12.1 Å². The molecule has 0 aromatic heterocycles. The molecule has 0 fully saturated rings. The number of carbonyl (C=O) groups is 1. The molecule has 10 heteroatoms. The van der Waals surface area contributed by atoms with E-state index in [0.717, 1.165) is 18.6 Å². The van der Waals surface area contributed by atoms with Gasteiger partial charge in [0.2, 0.25) is 0 Å². The average molecular weight is 524 g/mol. The number of rotatable bonds is 10. The molecule has 0 aliphatic rings. The van der Waals surface area contributed by atoms with Crippen molar-refractivity contribution in [1.82, 2.24) is 5.48 Å². The first-order chi connectivity index (χ1) is 13.9. The summed E-state index contributed by atoms with van der Waals surface area (Å²) >= 11 is 1.90. The summed E-state index contributed by atoms with van der Waals surface area (Å²) in [5.41, 5.74) is 1.13. The van der Waals surface area contributed by atoms with Crippen LogP contribution in [0, 0.1) is 21.0 Å². The van der Waals surface area contributed by atoms with E-state index in [2.05, 4.69) is 10.8 Å². The first-order valence-corrected chi connectivity index (χ1v) is 9.79. The minimum atomic E-state index is -1.34. The van der Waals surface area contributed by atoms with Gasteiger partial charge in [-0.15, -0.1) is 0 Å². The maximum atomic E-state index is 14.3. The Labute approximate surface area is 179 Å². The fourth-order valence-electron chi connectivity index (χ4n) is 2.28. The molecule has 1 unspecified atom stereocenters. The van der Waals surface area contributed by atoms with Gasteiger partial charge in [-0.1, -0.05) is 6.92 Å². The summed E-state index contributed by atoms with van der Waals surface area (Å²) < 4.78 is 48.0. The molecule has 0 radical (unpaired) electrons. The molecule has 0 aliphatic heterocycles. The van der Waals surface area contributed by atoms with Crippen LogP contribution in [-0.4, -0.2) is 36.9 Å². The van der Waals surface area contributed by atoms with Gasteiger partial charge in [-0.05, 0) is 59.3 Å². The molecule has 0 saturated heterocycles. The standard InChI is InChI=1S/C19H20F3IN2O4/c1-2-7-28-12(9-26)10-29-25-19(27)13-4-5-14(20)17(22)18(13)24-16-6-3-11(23)8-15(16)21/h3-6,8,12,24,26H,2,7,9-10H2,1H3,(H,25,27). The summed E-state index contributed by atoms with van der Waals surface area (Å²) in [6, 6.07) is 5.93. The number of nitrogens with one attached hydrogen (secondary N) is 2. The van der Waals surface area contributed by atoms with E-state index in [1.807, 2.05) is 29.5 Å². The molecule has 3 N–H and O–H groups in total. The number of amides is 1. The Morgan fingerprint density at radius 2 is 1.97 bits per heavy atom. The molecular weight excluding hydrogens is 504 g/mol. The molecular formula is C19H20F3IN2O4. The third-order valence-corrected chi connectivity index (χ3v) is 4.40. The highest BCUT2D eigenvalue weighted by atomic mass is 127. The lowest BCUT2D eigenvalue weighted by atomic mass is 10.1. The highest BCUT2D eigenvalue weighted by Crippen LogP contribution is 2.28. The number of halogens is 4. The largest absolute Gasteiger partial charge is 0.394 e. The zero-order chi connectivity index (χ0) is 21.4. The zero-order valence-corrected chi connectivity index (χ0v) is 17.6. The maximum absolute atomic E-state index is 14.3. The van der Waals surface area contributed by atoms with Gasteiger partial charge in [0.1, 0.15) is 18.5 Å². The van der Waals surface area contributed by atoms with Gasteiger partial charge < -0.3 is 15.2 Å². The van der Waals surface area contributed by atoms with E-state index in [1.54, 1.807) is 6.07 Å². The summed E-state index contributed by atoms with van der Waals surface area (Å²) in [5.74, 6) is -4.12. The normalized spacial score (nSPS) is 11.9. The number of carbonyl (C=O) groups excluding carboxylic acids is 1. The summed E-state index contributed by atoms with van der Waals surface area (Å²) in [6.45, 7) is 1.83. The van der Waals surface area contributed by atoms with Crippen molar-refractivity contribution in [1.29, 1.82) is 0 Å². The Hall–Kier alpha value is -1.89. The van der Waals surface area contributed by atoms with Gasteiger partial charge in [-0.25, -0.2) is 18.7 Å². The summed E-state index contributed by atoms with van der Waals surface area (Å²) in [7, 11) is 0. The van der Waals surface area contributed by atoms with Crippen molar-refractivity contribution in [3.63, 3.8) is 0 Å². The quantitative estimate of drug-likeness (QED) is 0.325. The fraction of sp³-hybridized carbons (Fsp3) is 0.316. The molecule has 29 heavy (non-hydrogen) atoms. The molecule has 6 nitrogen and oxygen atoms in total. The number of ether oxygens (including phenoxy) is 1. The van der Waals surface area contributed by atoms with E-state index in [4.69, 9.17) is 9.57 Å². The van der Waals surface area contributed by atoms with Crippen LogP contribution in [0.1, 0.15) is 23.7 Å². The lowest BCUT2D eigenvalue weighted by molar-refractivity contribution is -0.0632. The molecule has 2 rings (SSSR count). The molecule has 0 heterocycles. The number of hydroxylamine groups is 1. The number of aliphatic hydroxyl groups is 1. The van der Waals surface area contributed by atoms with E-state index >= 15 is 0 Å². The third kappa shape index (κ3) is 6.56. The zero-order valence-electron chi connectivity index (χ0n) is 15.5. The smallest absolute Gasteiger partial charge is 0.277 e. The second kappa shape index (κ2) is 11.3. The van der Waals surface area contributed by atoms with Gasteiger partial charge in [0.25, 0.3) is 5.91 Å². The van der Waals surface area contributed by atoms with Crippen LogP contribution >= 0.6 is 22.6 Å². The monoisotopic (exact) mass is 524 g/mol. The molecule has 0 spiro atoms. The first-order valence-electron chi connectivity index (χ1n) is 8.72. The van der Waals surface area contributed by atoms with Crippen LogP contribution in [0.4, 0.5) is 24.5 Å². The van der Waals surface area contributed by atoms with Crippen molar-refractivity contribution in [2.24, 2.45) is 0 Å². The second-order valence-electron chi connectivity index (χ2n) is 5.95. The maximum Gasteiger partial charge on any atom is 0.277 e. The van der Waals surface area contributed by atoms with E-state index in [9.17, 15) is 23.1 Å². The van der Waals surface area contributed by atoms with Crippen molar-refractivity contribution in [3.8, 4) is 0 Å². The number of hydrogen-bond acceptors (Lipinski definition) is 5. The van der Waals surface area contributed by atoms with Gasteiger partial charge in [0.05, 0.1) is 23.5 Å². The topological polar surface area (TPSA) is 79.8 Å². The van der Waals surface area contributed by atoms with Gasteiger partial charge >= 0.3 is 0 Å². The van der Waals surface area contributed by atoms with E-state index in [0.29, 0.717) is 10.2 Å². The first kappa shape index (κ1) is 23.4. The minimum absolute atomic E-state index is 0.127. The van der Waals surface area contributed by atoms with Crippen LogP contribution in [0.15, 0.2) is 30.3 Å². The molecule has 158 valence electrons. The van der Waals surface area contributed by atoms with Crippen molar-refractivity contribution in [2.45, 2.75) is 19.4 Å². The molecule has 0 aliphatic carbocycles. The van der Waals surface area contributed by atoms with Crippen LogP contribution in [0.2, 0.25) is 0 Å². The van der Waals surface area contributed by atoms with Gasteiger partial charge in [-0.2, -0.15) is 0 Å². The van der Waals surface area contributed by atoms with Crippen LogP contribution in [0.5, 0.6) is 0 Å². The van der Waals surface area contributed by atoms with Crippen molar-refractivity contribution >= 4 is 39.9 Å². The summed E-state index contributed by atoms with van der Waals surface area (Å²) in [5, 5.41) is 11.6. The van der Waals surface area contributed by atoms with E-state index in [-0.39, 0.29) is 24.5 Å². The second-order valence-corrected chi connectivity index (χ2v) is 7.20. The molecule has 0 saturated carbocycles. The predicted molar refractivity (Wildman–Crippen MR) is 109 cm³/mol. The Balaban J connectivity index is 2.15. The van der Waals surface area contributed by atoms with Gasteiger partial charge in [0.15, 0.2) is 11.6 Å². The molecule has 2 aromatic carbocycles. The van der Waals surface area contributed by atoms with Crippen molar-refractivity contribution in [3.05, 3.63) is 56.9 Å².